The normalized spacial score (nSPS) is 11.1. The molecule has 0 saturated carbocycles. The van der Waals surface area contributed by atoms with Crippen LogP contribution < -0.4 is 9.62 Å². The molecule has 7 heteroatoms. The molecule has 0 aliphatic rings. The minimum atomic E-state index is -3.33. The summed E-state index contributed by atoms with van der Waals surface area (Å²) in [7, 11) is -1.85. The summed E-state index contributed by atoms with van der Waals surface area (Å²) in [5, 5.41) is 2.81. The zero-order chi connectivity index (χ0) is 18.3. The van der Waals surface area contributed by atoms with Crippen LogP contribution in [0.1, 0.15) is 12.0 Å². The van der Waals surface area contributed by atoms with Crippen molar-refractivity contribution < 1.29 is 13.2 Å². The molecule has 5 nitrogen and oxygen atoms in total. The molecule has 134 valence electrons. The molecular formula is C18H22N2O3S2. The Morgan fingerprint density at radius 2 is 1.84 bits per heavy atom. The van der Waals surface area contributed by atoms with E-state index in [0.29, 0.717) is 17.8 Å². The van der Waals surface area contributed by atoms with Crippen LogP contribution in [0.15, 0.2) is 54.6 Å². The van der Waals surface area contributed by atoms with Crippen LogP contribution in [-0.2, 0) is 20.6 Å². The summed E-state index contributed by atoms with van der Waals surface area (Å²) in [6, 6.07) is 16.9. The minimum absolute atomic E-state index is 0.0836. The van der Waals surface area contributed by atoms with E-state index >= 15 is 0 Å². The zero-order valence-electron chi connectivity index (χ0n) is 14.3. The highest BCUT2D eigenvalue weighted by Gasteiger charge is 2.12. The first-order valence-corrected chi connectivity index (χ1v) is 10.8. The summed E-state index contributed by atoms with van der Waals surface area (Å²) in [5.41, 5.74) is 2.34. The van der Waals surface area contributed by atoms with Crippen molar-refractivity contribution in [2.24, 2.45) is 0 Å². The van der Waals surface area contributed by atoms with Gasteiger partial charge in [0.25, 0.3) is 0 Å². The average Bonchev–Trinajstić information content (AvgIpc) is 2.58. The Morgan fingerprint density at radius 1 is 1.12 bits per heavy atom. The summed E-state index contributed by atoms with van der Waals surface area (Å²) in [6.45, 7) is 0. The smallest absolute Gasteiger partial charge is 0.231 e. The predicted octanol–water partition coefficient (Wildman–Crippen LogP) is 3.34. The van der Waals surface area contributed by atoms with E-state index in [9.17, 15) is 13.2 Å². The fraction of sp³-hybridized carbons (Fsp3) is 0.278. The van der Waals surface area contributed by atoms with Gasteiger partial charge in [-0.3, -0.25) is 9.10 Å². The second kappa shape index (κ2) is 8.92. The quantitative estimate of drug-likeness (QED) is 0.716. The van der Waals surface area contributed by atoms with Gasteiger partial charge in [0.1, 0.15) is 0 Å². The summed E-state index contributed by atoms with van der Waals surface area (Å²) < 4.78 is 24.4. The van der Waals surface area contributed by atoms with E-state index in [1.54, 1.807) is 36.0 Å². The third-order valence-electron chi connectivity index (χ3n) is 3.58. The second-order valence-corrected chi connectivity index (χ2v) is 8.74. The van der Waals surface area contributed by atoms with E-state index in [-0.39, 0.29) is 5.91 Å². The summed E-state index contributed by atoms with van der Waals surface area (Å²) >= 11 is 1.71. The lowest BCUT2D eigenvalue weighted by molar-refractivity contribution is -0.115. The van der Waals surface area contributed by atoms with E-state index < -0.39 is 10.0 Å². The molecule has 0 radical (unpaired) electrons. The highest BCUT2D eigenvalue weighted by molar-refractivity contribution is 7.98. The van der Waals surface area contributed by atoms with Crippen LogP contribution in [0.25, 0.3) is 0 Å². The zero-order valence-corrected chi connectivity index (χ0v) is 15.9. The largest absolute Gasteiger partial charge is 0.326 e. The number of benzene rings is 2. The Kier molecular flexibility index (Phi) is 6.90. The predicted molar refractivity (Wildman–Crippen MR) is 106 cm³/mol. The fourth-order valence-corrected chi connectivity index (χ4v) is 3.52. The number of carbonyl (C=O) groups excluding carboxylic acids is 1. The Bertz CT molecular complexity index is 808. The molecule has 0 heterocycles. The number of hydrogen-bond donors (Lipinski definition) is 1. The van der Waals surface area contributed by atoms with Crippen molar-refractivity contribution >= 4 is 39.1 Å². The van der Waals surface area contributed by atoms with Crippen molar-refractivity contribution in [3.63, 3.8) is 0 Å². The van der Waals surface area contributed by atoms with Gasteiger partial charge in [-0.2, -0.15) is 11.8 Å². The van der Waals surface area contributed by atoms with Crippen LogP contribution in [0.3, 0.4) is 0 Å². The van der Waals surface area contributed by atoms with Gasteiger partial charge in [-0.15, -0.1) is 0 Å². The standard InChI is InChI=1S/C18H22N2O3S2/c1-20(25(2,22)23)17-10-6-9-16(13-17)19-18(21)11-12-24-14-15-7-4-3-5-8-15/h3-10,13H,11-12,14H2,1-2H3,(H,19,21). The third kappa shape index (κ3) is 6.43. The van der Waals surface area contributed by atoms with Crippen LogP contribution in [0, 0.1) is 0 Å². The number of amides is 1. The van der Waals surface area contributed by atoms with Crippen molar-refractivity contribution in [3.8, 4) is 0 Å². The Labute approximate surface area is 153 Å². The number of nitrogens with one attached hydrogen (secondary N) is 1. The molecule has 25 heavy (non-hydrogen) atoms. The molecule has 0 atom stereocenters. The van der Waals surface area contributed by atoms with Crippen molar-refractivity contribution in [1.29, 1.82) is 0 Å². The van der Waals surface area contributed by atoms with Crippen LogP contribution in [-0.4, -0.2) is 33.4 Å². The lowest BCUT2D eigenvalue weighted by Crippen LogP contribution is -2.24. The van der Waals surface area contributed by atoms with Gasteiger partial charge < -0.3 is 5.32 Å². The van der Waals surface area contributed by atoms with Gasteiger partial charge in [-0.25, -0.2) is 8.42 Å². The van der Waals surface area contributed by atoms with Crippen LogP contribution in [0.4, 0.5) is 11.4 Å². The van der Waals surface area contributed by atoms with Gasteiger partial charge >= 0.3 is 0 Å². The topological polar surface area (TPSA) is 66.5 Å². The number of nitrogens with zero attached hydrogens (tertiary/aromatic N) is 1. The number of thioether (sulfide) groups is 1. The van der Waals surface area contributed by atoms with Gasteiger partial charge in [0.2, 0.25) is 15.9 Å². The minimum Gasteiger partial charge on any atom is -0.326 e. The molecule has 2 aromatic rings. The van der Waals surface area contributed by atoms with Gasteiger partial charge in [0.05, 0.1) is 11.9 Å². The number of hydrogen-bond acceptors (Lipinski definition) is 4. The van der Waals surface area contributed by atoms with Gasteiger partial charge in [-0.1, -0.05) is 36.4 Å². The molecule has 0 bridgehead atoms. The molecular weight excluding hydrogens is 356 g/mol. The first-order chi connectivity index (χ1) is 11.9. The number of anilines is 2. The fourth-order valence-electron chi connectivity index (χ4n) is 2.12. The molecule has 2 aromatic carbocycles. The van der Waals surface area contributed by atoms with Crippen LogP contribution in [0.2, 0.25) is 0 Å². The first kappa shape index (κ1) is 19.3. The van der Waals surface area contributed by atoms with E-state index in [1.165, 1.54) is 16.9 Å². The van der Waals surface area contributed by atoms with Crippen molar-refractivity contribution in [1.82, 2.24) is 0 Å². The Hall–Kier alpha value is -1.99. The van der Waals surface area contributed by atoms with Crippen LogP contribution >= 0.6 is 11.8 Å². The Balaban J connectivity index is 1.82. The maximum Gasteiger partial charge on any atom is 0.231 e. The van der Waals surface area contributed by atoms with Gasteiger partial charge in [0.15, 0.2) is 0 Å². The van der Waals surface area contributed by atoms with E-state index in [1.807, 2.05) is 18.2 Å². The molecule has 0 unspecified atom stereocenters. The lowest BCUT2D eigenvalue weighted by Gasteiger charge is -2.17. The van der Waals surface area contributed by atoms with Gasteiger partial charge in [-0.05, 0) is 23.8 Å². The molecule has 2 rings (SSSR count). The highest BCUT2D eigenvalue weighted by atomic mass is 32.2. The SMILES string of the molecule is CN(c1cccc(NC(=O)CCSCc2ccccc2)c1)S(C)(=O)=O. The van der Waals surface area contributed by atoms with Gasteiger partial charge in [0, 0.05) is 30.7 Å². The lowest BCUT2D eigenvalue weighted by atomic mass is 10.2. The van der Waals surface area contributed by atoms with Crippen molar-refractivity contribution in [3.05, 3.63) is 60.2 Å². The van der Waals surface area contributed by atoms with E-state index in [0.717, 1.165) is 17.8 Å². The maximum absolute atomic E-state index is 12.0. The van der Waals surface area contributed by atoms with Crippen molar-refractivity contribution in [2.45, 2.75) is 12.2 Å². The Morgan fingerprint density at radius 3 is 2.52 bits per heavy atom. The molecule has 0 saturated heterocycles. The molecule has 0 aliphatic carbocycles. The third-order valence-corrected chi connectivity index (χ3v) is 5.81. The molecule has 0 spiro atoms. The summed E-state index contributed by atoms with van der Waals surface area (Å²) in [6.07, 6.45) is 1.55. The number of sulfonamides is 1. The summed E-state index contributed by atoms with van der Waals surface area (Å²) in [5.74, 6) is 1.52. The average molecular weight is 379 g/mol. The van der Waals surface area contributed by atoms with E-state index in [2.05, 4.69) is 17.4 Å². The first-order valence-electron chi connectivity index (χ1n) is 7.82. The second-order valence-electron chi connectivity index (χ2n) is 5.62. The van der Waals surface area contributed by atoms with Crippen molar-refractivity contribution in [2.75, 3.05) is 28.7 Å². The maximum atomic E-state index is 12.0. The molecule has 0 aliphatic heterocycles. The number of rotatable bonds is 8. The van der Waals surface area contributed by atoms with E-state index in [4.69, 9.17) is 0 Å². The number of carbonyl (C=O) groups is 1. The molecule has 1 N–H and O–H groups in total. The summed E-state index contributed by atoms with van der Waals surface area (Å²) in [4.78, 5) is 12.0. The monoisotopic (exact) mass is 378 g/mol. The van der Waals surface area contributed by atoms with Crippen LogP contribution in [0.5, 0.6) is 0 Å². The highest BCUT2D eigenvalue weighted by Crippen LogP contribution is 2.20. The molecule has 0 fully saturated rings. The molecule has 1 amide bonds. The molecule has 0 aromatic heterocycles.